The Morgan fingerprint density at radius 2 is 2.12 bits per heavy atom. The molecule has 0 aliphatic carbocycles. The van der Waals surface area contributed by atoms with Gasteiger partial charge in [0.1, 0.15) is 0 Å². The Labute approximate surface area is 102 Å². The van der Waals surface area contributed by atoms with Crippen LogP contribution < -0.4 is 5.32 Å². The number of nitrogens with one attached hydrogen (secondary N) is 1. The fourth-order valence-electron chi connectivity index (χ4n) is 1.79. The lowest BCUT2D eigenvalue weighted by Crippen LogP contribution is -2.16. The van der Waals surface area contributed by atoms with Gasteiger partial charge in [0.25, 0.3) is 0 Å². The van der Waals surface area contributed by atoms with Crippen molar-refractivity contribution in [3.63, 3.8) is 0 Å². The molecule has 0 saturated heterocycles. The molecule has 2 rings (SSSR count). The second-order valence-electron chi connectivity index (χ2n) is 4.08. The second kappa shape index (κ2) is 5.59. The minimum absolute atomic E-state index is 0.835. The van der Waals surface area contributed by atoms with Gasteiger partial charge in [-0.2, -0.15) is 0 Å². The third kappa shape index (κ3) is 2.91. The van der Waals surface area contributed by atoms with E-state index < -0.39 is 0 Å². The summed E-state index contributed by atoms with van der Waals surface area (Å²) in [5.74, 6) is 0. The standard InChI is InChI=1S/C13H18N4/c1-3-17-10-16-9-13(17)8-15-7-12-6-14-5-4-11(12)2/h4-6,9-10,15H,3,7-8H2,1-2H3. The number of rotatable bonds is 5. The fourth-order valence-corrected chi connectivity index (χ4v) is 1.79. The van der Waals surface area contributed by atoms with Crippen LogP contribution in [0.15, 0.2) is 31.0 Å². The average molecular weight is 230 g/mol. The molecule has 90 valence electrons. The van der Waals surface area contributed by atoms with E-state index in [9.17, 15) is 0 Å². The molecule has 0 aliphatic heterocycles. The molecule has 2 heterocycles. The van der Waals surface area contributed by atoms with Gasteiger partial charge >= 0.3 is 0 Å². The van der Waals surface area contributed by atoms with Crippen LogP contribution in [-0.4, -0.2) is 14.5 Å². The molecule has 2 aromatic heterocycles. The highest BCUT2D eigenvalue weighted by molar-refractivity contribution is 5.21. The van der Waals surface area contributed by atoms with E-state index in [0.29, 0.717) is 0 Å². The monoisotopic (exact) mass is 230 g/mol. The first kappa shape index (κ1) is 11.8. The van der Waals surface area contributed by atoms with Crippen LogP contribution in [0.3, 0.4) is 0 Å². The van der Waals surface area contributed by atoms with Gasteiger partial charge in [-0.1, -0.05) is 0 Å². The summed E-state index contributed by atoms with van der Waals surface area (Å²) < 4.78 is 2.14. The number of hydrogen-bond donors (Lipinski definition) is 1. The molecule has 4 nitrogen and oxygen atoms in total. The van der Waals surface area contributed by atoms with Crippen molar-refractivity contribution in [3.05, 3.63) is 47.8 Å². The van der Waals surface area contributed by atoms with E-state index in [1.54, 1.807) is 0 Å². The molecule has 0 radical (unpaired) electrons. The number of pyridine rings is 1. The van der Waals surface area contributed by atoms with Crippen molar-refractivity contribution < 1.29 is 0 Å². The van der Waals surface area contributed by atoms with Gasteiger partial charge < -0.3 is 9.88 Å². The Morgan fingerprint density at radius 3 is 2.88 bits per heavy atom. The summed E-state index contributed by atoms with van der Waals surface area (Å²) in [4.78, 5) is 8.28. The zero-order chi connectivity index (χ0) is 12.1. The third-order valence-corrected chi connectivity index (χ3v) is 2.91. The van der Waals surface area contributed by atoms with Gasteiger partial charge in [-0.3, -0.25) is 4.98 Å². The molecule has 4 heteroatoms. The van der Waals surface area contributed by atoms with Crippen LogP contribution in [0.2, 0.25) is 0 Å². The second-order valence-corrected chi connectivity index (χ2v) is 4.08. The predicted octanol–water partition coefficient (Wildman–Crippen LogP) is 1.90. The molecule has 0 spiro atoms. The topological polar surface area (TPSA) is 42.7 Å². The highest BCUT2D eigenvalue weighted by Crippen LogP contribution is 2.05. The van der Waals surface area contributed by atoms with Crippen molar-refractivity contribution >= 4 is 0 Å². The maximum Gasteiger partial charge on any atom is 0.0948 e. The number of hydrogen-bond acceptors (Lipinski definition) is 3. The van der Waals surface area contributed by atoms with Crippen LogP contribution in [-0.2, 0) is 19.6 Å². The lowest BCUT2D eigenvalue weighted by molar-refractivity contribution is 0.626. The van der Waals surface area contributed by atoms with Crippen LogP contribution in [0.5, 0.6) is 0 Å². The number of aryl methyl sites for hydroxylation is 2. The molecule has 0 saturated carbocycles. The summed E-state index contributed by atoms with van der Waals surface area (Å²) in [6, 6.07) is 2.04. The number of nitrogens with zero attached hydrogens (tertiary/aromatic N) is 3. The molecular formula is C13H18N4. The molecule has 0 aliphatic rings. The lowest BCUT2D eigenvalue weighted by Gasteiger charge is -2.08. The molecule has 0 bridgehead atoms. The van der Waals surface area contributed by atoms with E-state index in [1.165, 1.54) is 16.8 Å². The quantitative estimate of drug-likeness (QED) is 0.853. The smallest absolute Gasteiger partial charge is 0.0948 e. The predicted molar refractivity (Wildman–Crippen MR) is 67.4 cm³/mol. The van der Waals surface area contributed by atoms with Gasteiger partial charge in [0.15, 0.2) is 0 Å². The Hall–Kier alpha value is -1.68. The highest BCUT2D eigenvalue weighted by atomic mass is 15.1. The minimum atomic E-state index is 0.835. The van der Waals surface area contributed by atoms with Gasteiger partial charge in [0.2, 0.25) is 0 Å². The first-order valence-electron chi connectivity index (χ1n) is 5.90. The molecule has 0 aromatic carbocycles. The van der Waals surface area contributed by atoms with E-state index in [0.717, 1.165) is 19.6 Å². The summed E-state index contributed by atoms with van der Waals surface area (Å²) in [6.45, 7) is 6.87. The van der Waals surface area contributed by atoms with Gasteiger partial charge in [-0.25, -0.2) is 4.98 Å². The van der Waals surface area contributed by atoms with Crippen molar-refractivity contribution in [1.82, 2.24) is 19.9 Å². The lowest BCUT2D eigenvalue weighted by atomic mass is 10.1. The van der Waals surface area contributed by atoms with Crippen molar-refractivity contribution in [2.45, 2.75) is 33.5 Å². The maximum absolute atomic E-state index is 4.15. The van der Waals surface area contributed by atoms with Crippen LogP contribution >= 0.6 is 0 Å². The van der Waals surface area contributed by atoms with Crippen molar-refractivity contribution in [2.75, 3.05) is 0 Å². The Balaban J connectivity index is 1.90. The van der Waals surface area contributed by atoms with E-state index in [-0.39, 0.29) is 0 Å². The summed E-state index contributed by atoms with van der Waals surface area (Å²) >= 11 is 0. The van der Waals surface area contributed by atoms with Crippen molar-refractivity contribution in [3.8, 4) is 0 Å². The fraction of sp³-hybridized carbons (Fsp3) is 0.385. The zero-order valence-electron chi connectivity index (χ0n) is 10.3. The first-order valence-corrected chi connectivity index (χ1v) is 5.90. The van der Waals surface area contributed by atoms with Crippen LogP contribution in [0.4, 0.5) is 0 Å². The van der Waals surface area contributed by atoms with Crippen LogP contribution in [0.25, 0.3) is 0 Å². The SMILES string of the molecule is CCn1cncc1CNCc1cnccc1C. The number of imidazole rings is 1. The maximum atomic E-state index is 4.15. The Bertz CT molecular complexity index is 476. The Morgan fingerprint density at radius 1 is 1.24 bits per heavy atom. The van der Waals surface area contributed by atoms with Gasteiger partial charge in [-0.05, 0) is 31.0 Å². The summed E-state index contributed by atoms with van der Waals surface area (Å²) in [6.07, 6.45) is 7.52. The van der Waals surface area contributed by atoms with E-state index in [1.807, 2.05) is 31.0 Å². The summed E-state index contributed by atoms with van der Waals surface area (Å²) in [7, 11) is 0. The van der Waals surface area contributed by atoms with E-state index in [2.05, 4.69) is 33.7 Å². The van der Waals surface area contributed by atoms with Gasteiger partial charge in [0.05, 0.1) is 12.0 Å². The molecule has 0 fully saturated rings. The highest BCUT2D eigenvalue weighted by Gasteiger charge is 2.01. The normalized spacial score (nSPS) is 10.7. The Kier molecular flexibility index (Phi) is 3.88. The van der Waals surface area contributed by atoms with Crippen molar-refractivity contribution in [2.24, 2.45) is 0 Å². The molecule has 1 N–H and O–H groups in total. The molecule has 0 amide bonds. The molecule has 17 heavy (non-hydrogen) atoms. The molecule has 2 aromatic rings. The minimum Gasteiger partial charge on any atom is -0.334 e. The largest absolute Gasteiger partial charge is 0.334 e. The van der Waals surface area contributed by atoms with Gasteiger partial charge in [0, 0.05) is 38.2 Å². The first-order chi connectivity index (χ1) is 8.31. The third-order valence-electron chi connectivity index (χ3n) is 2.91. The van der Waals surface area contributed by atoms with Crippen LogP contribution in [0, 0.1) is 6.92 Å². The van der Waals surface area contributed by atoms with E-state index in [4.69, 9.17) is 0 Å². The van der Waals surface area contributed by atoms with Crippen molar-refractivity contribution in [1.29, 1.82) is 0 Å². The average Bonchev–Trinajstić information content (AvgIpc) is 2.79. The van der Waals surface area contributed by atoms with E-state index >= 15 is 0 Å². The molecular weight excluding hydrogens is 212 g/mol. The van der Waals surface area contributed by atoms with Gasteiger partial charge in [-0.15, -0.1) is 0 Å². The summed E-state index contributed by atoms with van der Waals surface area (Å²) in [5.41, 5.74) is 3.74. The molecule has 0 atom stereocenters. The summed E-state index contributed by atoms with van der Waals surface area (Å²) in [5, 5.41) is 3.42. The molecule has 0 unspecified atom stereocenters. The number of aromatic nitrogens is 3. The van der Waals surface area contributed by atoms with Crippen LogP contribution in [0.1, 0.15) is 23.7 Å². The zero-order valence-corrected chi connectivity index (χ0v) is 10.3.